The van der Waals surface area contributed by atoms with Gasteiger partial charge in [-0.3, -0.25) is 9.59 Å². The molecule has 1 aromatic carbocycles. The smallest absolute Gasteiger partial charge is 0.228 e. The molecular weight excluding hydrogens is 314 g/mol. The highest BCUT2D eigenvalue weighted by molar-refractivity contribution is 5.99. The molecule has 25 heavy (non-hydrogen) atoms. The van der Waals surface area contributed by atoms with Gasteiger partial charge in [0.05, 0.1) is 11.8 Å². The molecule has 2 fully saturated rings. The van der Waals surface area contributed by atoms with Gasteiger partial charge in [-0.05, 0) is 63.3 Å². The predicted octanol–water partition coefficient (Wildman–Crippen LogP) is 3.17. The third kappa shape index (κ3) is 4.53. The van der Waals surface area contributed by atoms with E-state index in [-0.39, 0.29) is 29.7 Å². The average molecular weight is 343 g/mol. The highest BCUT2D eigenvalue weighted by Crippen LogP contribution is 2.39. The van der Waals surface area contributed by atoms with E-state index in [2.05, 4.69) is 27.7 Å². The number of benzene rings is 1. The summed E-state index contributed by atoms with van der Waals surface area (Å²) in [6.45, 7) is 6.25. The zero-order valence-electron chi connectivity index (χ0n) is 15.3. The second-order valence-electron chi connectivity index (χ2n) is 7.35. The fourth-order valence-corrected chi connectivity index (χ4v) is 3.37. The highest BCUT2D eigenvalue weighted by Gasteiger charge is 2.48. The topological polar surface area (TPSA) is 61.4 Å². The number of anilines is 2. The number of hydrogen-bond acceptors (Lipinski definition) is 3. The van der Waals surface area contributed by atoms with E-state index < -0.39 is 0 Å². The first-order valence-electron chi connectivity index (χ1n) is 9.54. The number of nitrogens with one attached hydrogen (secondary N) is 2. The molecule has 2 aliphatic rings. The Labute approximate surface area is 150 Å². The highest BCUT2D eigenvalue weighted by atomic mass is 16.2. The number of nitrogens with zero attached hydrogens (tertiary/aromatic N) is 1. The Kier molecular flexibility index (Phi) is 5.61. The summed E-state index contributed by atoms with van der Waals surface area (Å²) in [7, 11) is 0. The van der Waals surface area contributed by atoms with Gasteiger partial charge in [0.25, 0.3) is 0 Å². The molecule has 0 bridgehead atoms. The summed E-state index contributed by atoms with van der Waals surface area (Å²) in [6, 6.07) is 8.22. The van der Waals surface area contributed by atoms with E-state index in [0.29, 0.717) is 6.42 Å². The van der Waals surface area contributed by atoms with Crippen LogP contribution in [0.2, 0.25) is 0 Å². The summed E-state index contributed by atoms with van der Waals surface area (Å²) in [6.07, 6.45) is 5.37. The Hall–Kier alpha value is -2.04. The van der Waals surface area contributed by atoms with E-state index in [1.165, 1.54) is 24.9 Å². The lowest BCUT2D eigenvalue weighted by Gasteiger charge is -2.28. The molecule has 3 rings (SSSR count). The number of rotatable bonds is 6. The predicted molar refractivity (Wildman–Crippen MR) is 101 cm³/mol. The molecule has 5 heteroatoms. The largest absolute Gasteiger partial charge is 0.372 e. The lowest BCUT2D eigenvalue weighted by Crippen LogP contribution is -2.34. The number of amides is 2. The van der Waals surface area contributed by atoms with Crippen LogP contribution in [0.15, 0.2) is 24.3 Å². The molecule has 0 aromatic heterocycles. The van der Waals surface area contributed by atoms with Gasteiger partial charge in [-0.25, -0.2) is 0 Å². The van der Waals surface area contributed by atoms with Crippen LogP contribution < -0.4 is 15.5 Å². The van der Waals surface area contributed by atoms with Crippen LogP contribution in [0.5, 0.6) is 0 Å². The fraction of sp³-hybridized carbons (Fsp3) is 0.600. The molecule has 1 aliphatic heterocycles. The molecule has 2 amide bonds. The van der Waals surface area contributed by atoms with Crippen molar-refractivity contribution in [2.45, 2.75) is 52.0 Å². The zero-order valence-corrected chi connectivity index (χ0v) is 15.3. The second kappa shape index (κ2) is 7.89. The van der Waals surface area contributed by atoms with Crippen LogP contribution in [-0.2, 0) is 9.59 Å². The Morgan fingerprint density at radius 2 is 1.72 bits per heavy atom. The van der Waals surface area contributed by atoms with Gasteiger partial charge in [0.1, 0.15) is 0 Å². The third-order valence-corrected chi connectivity index (χ3v) is 5.32. The lowest BCUT2D eigenvalue weighted by atomic mass is 10.1. The Bertz CT molecular complexity index is 608. The van der Waals surface area contributed by atoms with Crippen LogP contribution in [0.1, 0.15) is 46.0 Å². The first-order chi connectivity index (χ1) is 12.1. The zero-order chi connectivity index (χ0) is 17.8. The van der Waals surface area contributed by atoms with Crippen LogP contribution in [0.4, 0.5) is 11.4 Å². The van der Waals surface area contributed by atoms with Gasteiger partial charge in [0, 0.05) is 30.5 Å². The molecule has 2 N–H and O–H groups in total. The summed E-state index contributed by atoms with van der Waals surface area (Å²) in [4.78, 5) is 26.8. The summed E-state index contributed by atoms with van der Waals surface area (Å²) >= 11 is 0. The van der Waals surface area contributed by atoms with Crippen molar-refractivity contribution in [1.82, 2.24) is 5.32 Å². The monoisotopic (exact) mass is 343 g/mol. The number of piperidine rings is 1. The molecule has 3 atom stereocenters. The number of hydrogen-bond donors (Lipinski definition) is 2. The summed E-state index contributed by atoms with van der Waals surface area (Å²) in [5.74, 6) is -0.391. The van der Waals surface area contributed by atoms with E-state index in [1.54, 1.807) is 0 Å². The minimum absolute atomic E-state index is 0.00921. The van der Waals surface area contributed by atoms with Gasteiger partial charge in [-0.2, -0.15) is 0 Å². The van der Waals surface area contributed by atoms with E-state index in [0.717, 1.165) is 25.2 Å². The van der Waals surface area contributed by atoms with Crippen molar-refractivity contribution in [2.75, 3.05) is 23.3 Å². The summed E-state index contributed by atoms with van der Waals surface area (Å²) in [5, 5.41) is 5.91. The van der Waals surface area contributed by atoms with Gasteiger partial charge >= 0.3 is 0 Å². The van der Waals surface area contributed by atoms with Crippen molar-refractivity contribution in [3.63, 3.8) is 0 Å². The third-order valence-electron chi connectivity index (χ3n) is 5.32. The van der Waals surface area contributed by atoms with Crippen molar-refractivity contribution in [3.8, 4) is 0 Å². The maximum atomic E-state index is 12.3. The van der Waals surface area contributed by atoms with Gasteiger partial charge < -0.3 is 15.5 Å². The van der Waals surface area contributed by atoms with Crippen LogP contribution in [0.3, 0.4) is 0 Å². The normalized spacial score (nSPS) is 23.7. The van der Waals surface area contributed by atoms with E-state index in [1.807, 2.05) is 26.0 Å². The Morgan fingerprint density at radius 1 is 1.08 bits per heavy atom. The number of carbonyl (C=O) groups is 2. The molecule has 0 radical (unpaired) electrons. The Morgan fingerprint density at radius 3 is 2.36 bits per heavy atom. The molecule has 5 nitrogen and oxygen atoms in total. The van der Waals surface area contributed by atoms with Gasteiger partial charge in [-0.1, -0.05) is 6.92 Å². The van der Waals surface area contributed by atoms with E-state index >= 15 is 0 Å². The molecular formula is C20H29N3O2. The summed E-state index contributed by atoms with van der Waals surface area (Å²) < 4.78 is 0. The first-order valence-corrected chi connectivity index (χ1v) is 9.54. The Balaban J connectivity index is 1.49. The minimum atomic E-state index is -0.189. The van der Waals surface area contributed by atoms with Gasteiger partial charge in [0.15, 0.2) is 0 Å². The standard InChI is InChI=1S/C20H29N3O2/c1-3-14(2)21-19(24)17-13-18(17)20(25)22-15-7-9-16(10-8-15)23-11-5-4-6-12-23/h7-10,14,17-18H,3-6,11-13H2,1-2H3,(H,21,24)(H,22,25). The van der Waals surface area contributed by atoms with Crippen LogP contribution in [0, 0.1) is 11.8 Å². The van der Waals surface area contributed by atoms with Crippen LogP contribution >= 0.6 is 0 Å². The molecule has 1 saturated heterocycles. The first kappa shape index (κ1) is 17.8. The summed E-state index contributed by atoms with van der Waals surface area (Å²) in [5.41, 5.74) is 2.02. The quantitative estimate of drug-likeness (QED) is 0.834. The molecule has 1 heterocycles. The van der Waals surface area contributed by atoms with Crippen molar-refractivity contribution >= 4 is 23.2 Å². The minimum Gasteiger partial charge on any atom is -0.372 e. The van der Waals surface area contributed by atoms with Crippen molar-refractivity contribution in [3.05, 3.63) is 24.3 Å². The fourth-order valence-electron chi connectivity index (χ4n) is 3.37. The molecule has 0 spiro atoms. The SMILES string of the molecule is CCC(C)NC(=O)C1CC1C(=O)Nc1ccc(N2CCCCC2)cc1. The maximum absolute atomic E-state index is 12.3. The maximum Gasteiger partial charge on any atom is 0.228 e. The average Bonchev–Trinajstić information content (AvgIpc) is 3.44. The van der Waals surface area contributed by atoms with E-state index in [4.69, 9.17) is 0 Å². The van der Waals surface area contributed by atoms with Crippen molar-refractivity contribution in [2.24, 2.45) is 11.8 Å². The van der Waals surface area contributed by atoms with Gasteiger partial charge in [0.2, 0.25) is 11.8 Å². The van der Waals surface area contributed by atoms with Crippen LogP contribution in [0.25, 0.3) is 0 Å². The molecule has 136 valence electrons. The van der Waals surface area contributed by atoms with E-state index in [9.17, 15) is 9.59 Å². The molecule has 1 aromatic rings. The molecule has 1 saturated carbocycles. The number of carbonyl (C=O) groups excluding carboxylic acids is 2. The molecule has 1 aliphatic carbocycles. The van der Waals surface area contributed by atoms with Crippen molar-refractivity contribution in [1.29, 1.82) is 0 Å². The van der Waals surface area contributed by atoms with Crippen molar-refractivity contribution < 1.29 is 9.59 Å². The van der Waals surface area contributed by atoms with Crippen LogP contribution in [-0.4, -0.2) is 30.9 Å². The van der Waals surface area contributed by atoms with Gasteiger partial charge in [-0.15, -0.1) is 0 Å². The molecule has 3 unspecified atom stereocenters. The lowest BCUT2D eigenvalue weighted by molar-refractivity contribution is -0.125. The second-order valence-corrected chi connectivity index (χ2v) is 7.35.